The monoisotopic (exact) mass is 255 g/mol. The summed E-state index contributed by atoms with van der Waals surface area (Å²) in [6, 6.07) is 15.0. The minimum Gasteiger partial charge on any atom is -0.385 e. The Morgan fingerprint density at radius 3 is 2.74 bits per heavy atom. The lowest BCUT2D eigenvalue weighted by molar-refractivity contribution is 0.124. The van der Waals surface area contributed by atoms with Crippen molar-refractivity contribution in [3.05, 3.63) is 42.5 Å². The summed E-state index contributed by atoms with van der Waals surface area (Å²) in [5, 5.41) is 6.04. The van der Waals surface area contributed by atoms with Crippen molar-refractivity contribution in [1.82, 2.24) is 0 Å². The Morgan fingerprint density at radius 2 is 1.89 bits per heavy atom. The molecule has 0 heterocycles. The SMILES string of the molecule is c1ccc2cc(NCCCOCC3CC3)ccc2c1. The molecule has 0 radical (unpaired) electrons. The van der Waals surface area contributed by atoms with E-state index >= 15 is 0 Å². The fourth-order valence-electron chi connectivity index (χ4n) is 2.24. The van der Waals surface area contributed by atoms with E-state index in [4.69, 9.17) is 4.74 Å². The number of hydrogen-bond donors (Lipinski definition) is 1. The zero-order valence-electron chi connectivity index (χ0n) is 11.3. The number of ether oxygens (including phenoxy) is 1. The van der Waals surface area contributed by atoms with Crippen molar-refractivity contribution < 1.29 is 4.74 Å². The van der Waals surface area contributed by atoms with E-state index in [-0.39, 0.29) is 0 Å². The molecule has 2 aromatic carbocycles. The molecule has 1 aliphatic carbocycles. The predicted molar refractivity (Wildman–Crippen MR) is 80.6 cm³/mol. The van der Waals surface area contributed by atoms with Crippen LogP contribution in [0.15, 0.2) is 42.5 Å². The van der Waals surface area contributed by atoms with Crippen LogP contribution < -0.4 is 5.32 Å². The van der Waals surface area contributed by atoms with Crippen LogP contribution >= 0.6 is 0 Å². The molecule has 2 heteroatoms. The van der Waals surface area contributed by atoms with Crippen LogP contribution in [-0.4, -0.2) is 19.8 Å². The van der Waals surface area contributed by atoms with E-state index in [2.05, 4.69) is 47.8 Å². The van der Waals surface area contributed by atoms with Gasteiger partial charge in [0.2, 0.25) is 0 Å². The largest absolute Gasteiger partial charge is 0.385 e. The molecular formula is C17H21NO. The highest BCUT2D eigenvalue weighted by Crippen LogP contribution is 2.28. The van der Waals surface area contributed by atoms with Gasteiger partial charge in [-0.15, -0.1) is 0 Å². The van der Waals surface area contributed by atoms with Gasteiger partial charge in [-0.1, -0.05) is 30.3 Å². The predicted octanol–water partition coefficient (Wildman–Crippen LogP) is 4.07. The van der Waals surface area contributed by atoms with Crippen LogP contribution in [-0.2, 0) is 4.74 Å². The third-order valence-corrected chi connectivity index (χ3v) is 3.59. The van der Waals surface area contributed by atoms with Crippen LogP contribution in [0.1, 0.15) is 19.3 Å². The van der Waals surface area contributed by atoms with Gasteiger partial charge in [-0.05, 0) is 48.1 Å². The Morgan fingerprint density at radius 1 is 1.05 bits per heavy atom. The molecule has 0 amide bonds. The van der Waals surface area contributed by atoms with E-state index in [0.717, 1.165) is 32.1 Å². The van der Waals surface area contributed by atoms with Gasteiger partial charge in [0.05, 0.1) is 0 Å². The smallest absolute Gasteiger partial charge is 0.0494 e. The van der Waals surface area contributed by atoms with Gasteiger partial charge in [0.15, 0.2) is 0 Å². The highest BCUT2D eigenvalue weighted by molar-refractivity contribution is 5.85. The Balaban J connectivity index is 1.42. The summed E-state index contributed by atoms with van der Waals surface area (Å²) < 4.78 is 5.63. The van der Waals surface area contributed by atoms with Crippen molar-refractivity contribution in [2.45, 2.75) is 19.3 Å². The summed E-state index contributed by atoms with van der Waals surface area (Å²) in [5.74, 6) is 0.869. The van der Waals surface area contributed by atoms with Crippen LogP contribution in [0, 0.1) is 5.92 Å². The minimum atomic E-state index is 0.869. The molecule has 19 heavy (non-hydrogen) atoms. The molecule has 100 valence electrons. The van der Waals surface area contributed by atoms with E-state index in [9.17, 15) is 0 Å². The normalized spacial score (nSPS) is 14.7. The zero-order valence-corrected chi connectivity index (χ0v) is 11.3. The number of benzene rings is 2. The van der Waals surface area contributed by atoms with Crippen LogP contribution in [0.4, 0.5) is 5.69 Å². The maximum Gasteiger partial charge on any atom is 0.0494 e. The molecule has 1 fully saturated rings. The molecular weight excluding hydrogens is 234 g/mol. The van der Waals surface area contributed by atoms with Gasteiger partial charge < -0.3 is 10.1 Å². The molecule has 2 aromatic rings. The molecule has 0 aliphatic heterocycles. The van der Waals surface area contributed by atoms with Gasteiger partial charge in [-0.3, -0.25) is 0 Å². The maximum atomic E-state index is 5.63. The second-order valence-electron chi connectivity index (χ2n) is 5.36. The highest BCUT2D eigenvalue weighted by atomic mass is 16.5. The standard InChI is InChI=1S/C17H21NO/c1-2-5-16-12-17(9-8-15(16)4-1)18-10-3-11-19-13-14-6-7-14/h1-2,4-5,8-9,12,14,18H,3,6-7,10-11,13H2. The van der Waals surface area contributed by atoms with Crippen molar-refractivity contribution in [3.8, 4) is 0 Å². The molecule has 1 saturated carbocycles. The van der Waals surface area contributed by atoms with E-state index in [1.165, 1.54) is 29.3 Å². The summed E-state index contributed by atoms with van der Waals surface area (Å²) in [6.45, 7) is 2.82. The topological polar surface area (TPSA) is 21.3 Å². The number of hydrogen-bond acceptors (Lipinski definition) is 2. The number of rotatable bonds is 7. The van der Waals surface area contributed by atoms with Crippen LogP contribution in [0.5, 0.6) is 0 Å². The lowest BCUT2D eigenvalue weighted by Gasteiger charge is -2.08. The van der Waals surface area contributed by atoms with Crippen LogP contribution in [0.2, 0.25) is 0 Å². The summed E-state index contributed by atoms with van der Waals surface area (Å²) in [7, 11) is 0. The zero-order chi connectivity index (χ0) is 12.9. The molecule has 2 nitrogen and oxygen atoms in total. The Bertz CT molecular complexity index is 534. The van der Waals surface area contributed by atoms with Gasteiger partial charge >= 0.3 is 0 Å². The number of nitrogens with one attached hydrogen (secondary N) is 1. The van der Waals surface area contributed by atoms with E-state index in [1.54, 1.807) is 0 Å². The van der Waals surface area contributed by atoms with Crippen LogP contribution in [0.3, 0.4) is 0 Å². The summed E-state index contributed by atoms with van der Waals surface area (Å²) >= 11 is 0. The third kappa shape index (κ3) is 3.71. The first-order valence-corrected chi connectivity index (χ1v) is 7.22. The second-order valence-corrected chi connectivity index (χ2v) is 5.36. The first kappa shape index (κ1) is 12.5. The quantitative estimate of drug-likeness (QED) is 0.753. The lowest BCUT2D eigenvalue weighted by atomic mass is 10.1. The molecule has 3 rings (SSSR count). The van der Waals surface area contributed by atoms with E-state index in [0.29, 0.717) is 0 Å². The Labute approximate surface area is 114 Å². The maximum absolute atomic E-state index is 5.63. The summed E-state index contributed by atoms with van der Waals surface area (Å²) in [4.78, 5) is 0. The Hall–Kier alpha value is -1.54. The third-order valence-electron chi connectivity index (χ3n) is 3.59. The van der Waals surface area contributed by atoms with Gasteiger partial charge in [0.1, 0.15) is 0 Å². The molecule has 0 saturated heterocycles. The van der Waals surface area contributed by atoms with Gasteiger partial charge in [-0.2, -0.15) is 0 Å². The number of fused-ring (bicyclic) bond motifs is 1. The average molecular weight is 255 g/mol. The first-order valence-electron chi connectivity index (χ1n) is 7.22. The van der Waals surface area contributed by atoms with E-state index in [1.807, 2.05) is 0 Å². The van der Waals surface area contributed by atoms with Crippen LogP contribution in [0.25, 0.3) is 10.8 Å². The highest BCUT2D eigenvalue weighted by Gasteiger charge is 2.20. The summed E-state index contributed by atoms with van der Waals surface area (Å²) in [5.41, 5.74) is 1.20. The molecule has 0 atom stereocenters. The minimum absolute atomic E-state index is 0.869. The van der Waals surface area contributed by atoms with Gasteiger partial charge in [-0.25, -0.2) is 0 Å². The molecule has 1 aliphatic rings. The summed E-state index contributed by atoms with van der Waals surface area (Å²) in [6.07, 6.45) is 3.81. The van der Waals surface area contributed by atoms with Gasteiger partial charge in [0, 0.05) is 25.4 Å². The molecule has 1 N–H and O–H groups in total. The molecule has 0 aromatic heterocycles. The van der Waals surface area contributed by atoms with Crippen molar-refractivity contribution >= 4 is 16.5 Å². The molecule has 0 spiro atoms. The molecule has 0 unspecified atom stereocenters. The van der Waals surface area contributed by atoms with Gasteiger partial charge in [0.25, 0.3) is 0 Å². The van der Waals surface area contributed by atoms with Crippen molar-refractivity contribution in [3.63, 3.8) is 0 Å². The van der Waals surface area contributed by atoms with Crippen molar-refractivity contribution in [2.75, 3.05) is 25.1 Å². The fraction of sp³-hybridized carbons (Fsp3) is 0.412. The lowest BCUT2D eigenvalue weighted by Crippen LogP contribution is -2.06. The van der Waals surface area contributed by atoms with Crippen molar-refractivity contribution in [2.24, 2.45) is 5.92 Å². The second kappa shape index (κ2) is 6.07. The van der Waals surface area contributed by atoms with E-state index < -0.39 is 0 Å². The average Bonchev–Trinajstić information content (AvgIpc) is 3.27. The fourth-order valence-corrected chi connectivity index (χ4v) is 2.24. The molecule has 0 bridgehead atoms. The first-order chi connectivity index (χ1) is 9.42. The number of anilines is 1. The van der Waals surface area contributed by atoms with Crippen molar-refractivity contribution in [1.29, 1.82) is 0 Å². The Kier molecular flexibility index (Phi) is 3.99.